The van der Waals surface area contributed by atoms with Gasteiger partial charge in [0.05, 0.1) is 27.7 Å². The zero-order chi connectivity index (χ0) is 38.6. The largest absolute Gasteiger partial charge is 0.756 e. The van der Waals surface area contributed by atoms with Crippen LogP contribution in [0.2, 0.25) is 0 Å². The molecule has 0 saturated carbocycles. The number of terminal acetylenes is 1. The number of phosphoric ester groups is 1. The van der Waals surface area contributed by atoms with Crippen molar-refractivity contribution in [2.45, 2.75) is 186 Å². The number of rotatable bonds is 38. The highest BCUT2D eigenvalue weighted by Crippen LogP contribution is 2.38. The smallest absolute Gasteiger partial charge is 0.306 e. The molecule has 0 bridgehead atoms. The Kier molecular flexibility index (Phi) is 33.9. The van der Waals surface area contributed by atoms with E-state index in [4.69, 9.17) is 24.9 Å². The number of ether oxygens (including phenoxy) is 2. The Balaban J connectivity index is 4.38. The van der Waals surface area contributed by atoms with Gasteiger partial charge in [-0.15, -0.1) is 12.3 Å². The normalized spacial score (nSPS) is 13.5. The molecule has 0 aliphatic carbocycles. The predicted molar refractivity (Wildman–Crippen MR) is 212 cm³/mol. The summed E-state index contributed by atoms with van der Waals surface area (Å²) in [6.07, 6.45) is 37.8. The fourth-order valence-corrected chi connectivity index (χ4v) is 6.41. The third-order valence-electron chi connectivity index (χ3n) is 9.00. The van der Waals surface area contributed by atoms with Crippen molar-refractivity contribution in [3.8, 4) is 12.3 Å². The molecular formula is C42H78NO8P. The highest BCUT2D eigenvalue weighted by molar-refractivity contribution is 7.45. The zero-order valence-electron chi connectivity index (χ0n) is 33.9. The lowest BCUT2D eigenvalue weighted by molar-refractivity contribution is -0.870. The van der Waals surface area contributed by atoms with Gasteiger partial charge in [0.15, 0.2) is 6.10 Å². The van der Waals surface area contributed by atoms with E-state index in [2.05, 4.69) is 25.0 Å². The van der Waals surface area contributed by atoms with E-state index in [1.807, 2.05) is 21.1 Å². The zero-order valence-corrected chi connectivity index (χ0v) is 34.8. The first-order valence-electron chi connectivity index (χ1n) is 20.8. The lowest BCUT2D eigenvalue weighted by atomic mass is 10.0. The van der Waals surface area contributed by atoms with Crippen LogP contribution in [0.15, 0.2) is 12.2 Å². The van der Waals surface area contributed by atoms with Gasteiger partial charge in [-0.05, 0) is 44.9 Å². The number of nitrogens with zero attached hydrogens (tertiary/aromatic N) is 1. The van der Waals surface area contributed by atoms with Crippen LogP contribution < -0.4 is 4.89 Å². The van der Waals surface area contributed by atoms with Crippen molar-refractivity contribution in [1.82, 2.24) is 0 Å². The second-order valence-electron chi connectivity index (χ2n) is 15.3. The number of quaternary nitrogens is 1. The number of phosphoric acid groups is 1. The first-order valence-corrected chi connectivity index (χ1v) is 22.3. The van der Waals surface area contributed by atoms with E-state index in [1.54, 1.807) is 0 Å². The maximum atomic E-state index is 12.6. The molecule has 0 aromatic rings. The topological polar surface area (TPSA) is 111 Å². The Morgan fingerprint density at radius 1 is 0.673 bits per heavy atom. The van der Waals surface area contributed by atoms with Crippen LogP contribution in [0.3, 0.4) is 0 Å². The minimum absolute atomic E-state index is 0.0348. The predicted octanol–water partition coefficient (Wildman–Crippen LogP) is 10.4. The molecule has 2 atom stereocenters. The molecule has 0 aromatic carbocycles. The van der Waals surface area contributed by atoms with E-state index in [-0.39, 0.29) is 26.1 Å². The van der Waals surface area contributed by atoms with Gasteiger partial charge in [0.1, 0.15) is 19.8 Å². The minimum atomic E-state index is -4.62. The average molecular weight is 756 g/mol. The lowest BCUT2D eigenvalue weighted by Gasteiger charge is -2.28. The summed E-state index contributed by atoms with van der Waals surface area (Å²) in [7, 11) is 1.15. The van der Waals surface area contributed by atoms with Gasteiger partial charge in [0.25, 0.3) is 7.82 Å². The van der Waals surface area contributed by atoms with Crippen LogP contribution in [0.4, 0.5) is 0 Å². The molecule has 1 unspecified atom stereocenters. The number of esters is 2. The van der Waals surface area contributed by atoms with Gasteiger partial charge in [0, 0.05) is 19.3 Å². The SMILES string of the molecule is C#CCCCCCCCCCCCCCC(=O)OC[C@H](COP(=O)([O-])OCC[N+](C)(C)C)OC(=O)CCCCCCC/C=C\CCCCCCCC. The van der Waals surface area contributed by atoms with Gasteiger partial charge in [-0.1, -0.05) is 128 Å². The molecular weight excluding hydrogens is 677 g/mol. The monoisotopic (exact) mass is 756 g/mol. The number of allylic oxidation sites excluding steroid dienone is 2. The van der Waals surface area contributed by atoms with Crippen LogP contribution in [-0.4, -0.2) is 70.0 Å². The van der Waals surface area contributed by atoms with Gasteiger partial charge in [-0.2, -0.15) is 0 Å². The first-order chi connectivity index (χ1) is 25.0. The molecule has 0 N–H and O–H groups in total. The van der Waals surface area contributed by atoms with Crippen LogP contribution in [-0.2, 0) is 32.7 Å². The Hall–Kier alpha value is -1.69. The molecule has 52 heavy (non-hydrogen) atoms. The Bertz CT molecular complexity index is 974. The maximum absolute atomic E-state index is 12.6. The van der Waals surface area contributed by atoms with Crippen molar-refractivity contribution in [2.75, 3.05) is 47.5 Å². The van der Waals surface area contributed by atoms with E-state index in [0.717, 1.165) is 70.6 Å². The molecule has 0 fully saturated rings. The number of carbonyl (C=O) groups excluding carboxylic acids is 2. The van der Waals surface area contributed by atoms with E-state index in [9.17, 15) is 19.0 Å². The molecule has 0 radical (unpaired) electrons. The summed E-state index contributed by atoms with van der Waals surface area (Å²) < 4.78 is 33.8. The average Bonchev–Trinajstić information content (AvgIpc) is 3.09. The Morgan fingerprint density at radius 3 is 1.63 bits per heavy atom. The summed E-state index contributed by atoms with van der Waals surface area (Å²) in [5.41, 5.74) is 0. The molecule has 0 rings (SSSR count). The number of likely N-dealkylation sites (N-methyl/N-ethyl adjacent to an activating group) is 1. The van der Waals surface area contributed by atoms with E-state index in [1.165, 1.54) is 83.5 Å². The standard InChI is InChI=1S/C42H78NO8P/c1-6-8-10-12-14-16-18-20-21-23-25-27-29-31-33-35-42(45)51-40(39-50-52(46,47)49-37-36-43(3,4)5)38-48-41(44)34-32-30-28-26-24-22-19-17-15-13-11-9-7-2/h2,20-21,40H,6,8-19,22-39H2,1,3-5H3/b21-20-/t40-/m1/s1. The van der Waals surface area contributed by atoms with E-state index >= 15 is 0 Å². The summed E-state index contributed by atoms with van der Waals surface area (Å²) in [6.45, 7) is 1.94. The maximum Gasteiger partial charge on any atom is 0.306 e. The fourth-order valence-electron chi connectivity index (χ4n) is 5.68. The molecule has 10 heteroatoms. The number of carbonyl (C=O) groups is 2. The number of hydrogen-bond donors (Lipinski definition) is 0. The molecule has 0 saturated heterocycles. The molecule has 0 heterocycles. The third-order valence-corrected chi connectivity index (χ3v) is 9.97. The first kappa shape index (κ1) is 50.3. The van der Waals surface area contributed by atoms with Crippen molar-refractivity contribution < 1.29 is 42.1 Å². The summed E-state index contributed by atoms with van der Waals surface area (Å²) in [6, 6.07) is 0. The molecule has 0 amide bonds. The van der Waals surface area contributed by atoms with Gasteiger partial charge in [-0.3, -0.25) is 14.2 Å². The van der Waals surface area contributed by atoms with Crippen LogP contribution in [0.25, 0.3) is 0 Å². The Labute approximate surface area is 319 Å². The molecule has 0 aliphatic rings. The van der Waals surface area contributed by atoms with Gasteiger partial charge in [0.2, 0.25) is 0 Å². The van der Waals surface area contributed by atoms with Gasteiger partial charge >= 0.3 is 11.9 Å². The van der Waals surface area contributed by atoms with E-state index in [0.29, 0.717) is 17.4 Å². The van der Waals surface area contributed by atoms with Crippen LogP contribution >= 0.6 is 7.82 Å². The number of hydrogen-bond acceptors (Lipinski definition) is 8. The third kappa shape index (κ3) is 38.0. The minimum Gasteiger partial charge on any atom is -0.756 e. The second-order valence-corrected chi connectivity index (χ2v) is 16.7. The summed E-state index contributed by atoms with van der Waals surface area (Å²) in [5.74, 6) is 1.83. The lowest BCUT2D eigenvalue weighted by Crippen LogP contribution is -2.37. The highest BCUT2D eigenvalue weighted by Gasteiger charge is 2.21. The van der Waals surface area contributed by atoms with E-state index < -0.39 is 32.5 Å². The van der Waals surface area contributed by atoms with Gasteiger partial charge < -0.3 is 27.9 Å². The fraction of sp³-hybridized carbons (Fsp3) is 0.857. The molecule has 0 aromatic heterocycles. The molecule has 0 aliphatic heterocycles. The molecule has 304 valence electrons. The van der Waals surface area contributed by atoms with Gasteiger partial charge in [-0.25, -0.2) is 0 Å². The second kappa shape index (κ2) is 35.0. The van der Waals surface area contributed by atoms with Crippen LogP contribution in [0.1, 0.15) is 180 Å². The molecule has 9 nitrogen and oxygen atoms in total. The summed E-state index contributed by atoms with van der Waals surface area (Å²) in [4.78, 5) is 37.4. The van der Waals surface area contributed by atoms with Crippen LogP contribution in [0, 0.1) is 12.3 Å². The van der Waals surface area contributed by atoms with Crippen molar-refractivity contribution in [1.29, 1.82) is 0 Å². The van der Waals surface area contributed by atoms with Crippen LogP contribution in [0.5, 0.6) is 0 Å². The van der Waals surface area contributed by atoms with Crippen molar-refractivity contribution in [3.05, 3.63) is 12.2 Å². The summed E-state index contributed by atoms with van der Waals surface area (Å²) in [5, 5.41) is 0. The number of unbranched alkanes of at least 4 members (excludes halogenated alkanes) is 22. The quantitative estimate of drug-likeness (QED) is 0.0153. The highest BCUT2D eigenvalue weighted by atomic mass is 31.2. The molecule has 0 spiro atoms. The summed E-state index contributed by atoms with van der Waals surface area (Å²) >= 11 is 0. The van der Waals surface area contributed by atoms with Crippen molar-refractivity contribution >= 4 is 19.8 Å². The van der Waals surface area contributed by atoms with Crippen molar-refractivity contribution in [3.63, 3.8) is 0 Å². The Morgan fingerprint density at radius 2 is 1.13 bits per heavy atom. The van der Waals surface area contributed by atoms with Crippen molar-refractivity contribution in [2.24, 2.45) is 0 Å².